The molecule has 0 saturated carbocycles. The number of nitrogens with one attached hydrogen (secondary N) is 1. The van der Waals surface area contributed by atoms with Gasteiger partial charge in [-0.1, -0.05) is 17.7 Å². The first kappa shape index (κ1) is 22.7. The van der Waals surface area contributed by atoms with Crippen LogP contribution in [0.1, 0.15) is 24.8 Å². The predicted molar refractivity (Wildman–Crippen MR) is 99.0 cm³/mol. The Hall–Kier alpha value is -1.39. The number of rotatable bonds is 2. The van der Waals surface area contributed by atoms with Gasteiger partial charge in [-0.05, 0) is 42.5 Å². The largest absolute Gasteiger partial charge is 0.662 e. The van der Waals surface area contributed by atoms with E-state index >= 15 is 0 Å². The minimum atomic E-state index is -0.273. The van der Waals surface area contributed by atoms with Crippen LogP contribution in [0.15, 0.2) is 41.1 Å². The molecule has 0 aromatic heterocycles. The number of hydrogen-bond donors (Lipinski definition) is 2. The molecule has 1 saturated heterocycles. The number of piperidine rings is 1. The summed E-state index contributed by atoms with van der Waals surface area (Å²) in [6.45, 7) is 3.04. The molecule has 2 aliphatic heterocycles. The fraction of sp³-hybridized carbons (Fsp3) is 0.368. The van der Waals surface area contributed by atoms with Gasteiger partial charge in [-0.15, -0.1) is 26.2 Å². The Morgan fingerprint density at radius 3 is 2.23 bits per heavy atom. The molecule has 7 heteroatoms. The summed E-state index contributed by atoms with van der Waals surface area (Å²) in [7, 11) is 0. The molecular formula is C19H22FN5Y-2. The summed E-state index contributed by atoms with van der Waals surface area (Å²) in [5.74, 6) is -0.273. The van der Waals surface area contributed by atoms with Gasteiger partial charge in [-0.2, -0.15) is 5.26 Å². The SMILES string of the molecule is N#CC(=C1CC[N-]CC1)c1ccc(F)cc1.N=CC1=C(N)CC[N-]C1.[Y]. The van der Waals surface area contributed by atoms with Crippen molar-refractivity contribution in [2.24, 2.45) is 5.73 Å². The average Bonchev–Trinajstić information content (AvgIpc) is 2.66. The molecule has 1 aromatic carbocycles. The second-order valence-electron chi connectivity index (χ2n) is 5.82. The molecule has 135 valence electrons. The van der Waals surface area contributed by atoms with Crippen molar-refractivity contribution in [1.29, 1.82) is 10.7 Å². The van der Waals surface area contributed by atoms with E-state index in [1.165, 1.54) is 18.3 Å². The van der Waals surface area contributed by atoms with E-state index in [0.29, 0.717) is 12.1 Å². The number of benzene rings is 1. The van der Waals surface area contributed by atoms with Crippen molar-refractivity contribution in [3.63, 3.8) is 0 Å². The van der Waals surface area contributed by atoms with Crippen LogP contribution in [0.25, 0.3) is 16.2 Å². The molecule has 0 spiro atoms. The molecule has 1 fully saturated rings. The van der Waals surface area contributed by atoms with Crippen LogP contribution in [0.3, 0.4) is 0 Å². The van der Waals surface area contributed by atoms with Crippen molar-refractivity contribution in [1.82, 2.24) is 0 Å². The van der Waals surface area contributed by atoms with Crippen LogP contribution in [0.2, 0.25) is 0 Å². The summed E-state index contributed by atoms with van der Waals surface area (Å²) in [4.78, 5) is 0. The molecule has 1 aromatic rings. The Morgan fingerprint density at radius 1 is 1.12 bits per heavy atom. The van der Waals surface area contributed by atoms with E-state index in [9.17, 15) is 4.39 Å². The molecular weight excluding hydrogens is 406 g/mol. The molecule has 2 heterocycles. The van der Waals surface area contributed by atoms with Crippen LogP contribution in [0.5, 0.6) is 0 Å². The normalized spacial score (nSPS) is 16.5. The molecule has 3 N–H and O–H groups in total. The molecule has 26 heavy (non-hydrogen) atoms. The van der Waals surface area contributed by atoms with Crippen LogP contribution >= 0.6 is 0 Å². The first-order valence-electron chi connectivity index (χ1n) is 8.28. The third kappa shape index (κ3) is 6.73. The fourth-order valence-electron chi connectivity index (χ4n) is 2.68. The average molecular weight is 428 g/mol. The van der Waals surface area contributed by atoms with Crippen molar-refractivity contribution in [3.05, 3.63) is 63.1 Å². The Balaban J connectivity index is 0.000000290. The number of nitrogens with zero attached hydrogens (tertiary/aromatic N) is 3. The van der Waals surface area contributed by atoms with E-state index in [0.717, 1.165) is 61.3 Å². The molecule has 0 amide bonds. The number of nitriles is 1. The third-order valence-corrected chi connectivity index (χ3v) is 4.15. The van der Waals surface area contributed by atoms with E-state index in [1.54, 1.807) is 12.1 Å². The Bertz CT molecular complexity index is 696. The summed E-state index contributed by atoms with van der Waals surface area (Å²) in [5.41, 5.74) is 9.91. The zero-order valence-corrected chi connectivity index (χ0v) is 17.5. The number of allylic oxidation sites excluding steroid dienone is 1. The molecule has 3 rings (SSSR count). The van der Waals surface area contributed by atoms with Crippen molar-refractivity contribution in [3.8, 4) is 6.07 Å². The molecule has 5 nitrogen and oxygen atoms in total. The standard InChI is InChI=1S/C13H12FN2.C6H10N3.Y/c14-12-3-1-10(2-4-12)13(9-15)11-5-7-16-8-6-11;7-3-5-4-9-2-1-6(5)8;/h1-4H,5-8H2;3,7H,1-2,4,8H2;/q2*-1;. The van der Waals surface area contributed by atoms with E-state index in [1.807, 2.05) is 0 Å². The Morgan fingerprint density at radius 2 is 1.73 bits per heavy atom. The molecule has 2 aliphatic rings. The van der Waals surface area contributed by atoms with Crippen LogP contribution in [-0.2, 0) is 32.7 Å². The van der Waals surface area contributed by atoms with Gasteiger partial charge in [0, 0.05) is 44.6 Å². The van der Waals surface area contributed by atoms with Crippen molar-refractivity contribution < 1.29 is 37.1 Å². The van der Waals surface area contributed by atoms with Crippen molar-refractivity contribution >= 4 is 11.8 Å². The second-order valence-corrected chi connectivity index (χ2v) is 5.82. The van der Waals surface area contributed by atoms with Gasteiger partial charge in [-0.25, -0.2) is 4.39 Å². The van der Waals surface area contributed by atoms with Crippen molar-refractivity contribution in [2.75, 3.05) is 26.2 Å². The van der Waals surface area contributed by atoms with Gasteiger partial charge in [0.25, 0.3) is 0 Å². The molecule has 0 atom stereocenters. The maximum Gasteiger partial charge on any atom is 0.123 e. The minimum absolute atomic E-state index is 0. The topological polar surface area (TPSA) is 102 Å². The van der Waals surface area contributed by atoms with Gasteiger partial charge >= 0.3 is 0 Å². The van der Waals surface area contributed by atoms with Gasteiger partial charge in [-0.3, -0.25) is 0 Å². The smallest absolute Gasteiger partial charge is 0.123 e. The summed E-state index contributed by atoms with van der Waals surface area (Å²) >= 11 is 0. The number of nitrogens with two attached hydrogens (primary N) is 1. The van der Waals surface area contributed by atoms with Gasteiger partial charge in [0.2, 0.25) is 0 Å². The number of halogens is 1. The van der Waals surface area contributed by atoms with Crippen LogP contribution in [-0.4, -0.2) is 32.4 Å². The minimum Gasteiger partial charge on any atom is -0.662 e. The fourth-order valence-corrected chi connectivity index (χ4v) is 2.68. The maximum absolute atomic E-state index is 12.8. The van der Waals surface area contributed by atoms with Crippen LogP contribution < -0.4 is 5.73 Å². The number of hydrogen-bond acceptors (Lipinski definition) is 3. The van der Waals surface area contributed by atoms with Gasteiger partial charge < -0.3 is 21.8 Å². The quantitative estimate of drug-likeness (QED) is 0.551. The molecule has 0 unspecified atom stereocenters. The first-order chi connectivity index (χ1) is 12.2. The van der Waals surface area contributed by atoms with E-state index < -0.39 is 0 Å². The summed E-state index contributed by atoms with van der Waals surface area (Å²) in [6, 6.07) is 8.32. The maximum atomic E-state index is 12.8. The van der Waals surface area contributed by atoms with E-state index in [-0.39, 0.29) is 38.5 Å². The molecule has 0 bridgehead atoms. The van der Waals surface area contributed by atoms with Gasteiger partial charge in [0.05, 0.1) is 11.6 Å². The van der Waals surface area contributed by atoms with Gasteiger partial charge in [0.15, 0.2) is 0 Å². The Labute approximate surface area is 179 Å². The first-order valence-corrected chi connectivity index (χ1v) is 8.28. The molecule has 0 aliphatic carbocycles. The van der Waals surface area contributed by atoms with E-state index in [2.05, 4.69) is 16.7 Å². The van der Waals surface area contributed by atoms with Crippen LogP contribution in [0, 0.1) is 22.6 Å². The summed E-state index contributed by atoms with van der Waals surface area (Å²) in [5, 5.41) is 24.4. The van der Waals surface area contributed by atoms with Crippen LogP contribution in [0.4, 0.5) is 4.39 Å². The zero-order valence-electron chi connectivity index (χ0n) is 14.7. The van der Waals surface area contributed by atoms with E-state index in [4.69, 9.17) is 16.4 Å². The summed E-state index contributed by atoms with van der Waals surface area (Å²) in [6.07, 6.45) is 3.81. The monoisotopic (exact) mass is 428 g/mol. The van der Waals surface area contributed by atoms with Gasteiger partial charge in [0.1, 0.15) is 5.82 Å². The summed E-state index contributed by atoms with van der Waals surface area (Å²) < 4.78 is 12.8. The van der Waals surface area contributed by atoms with Crippen molar-refractivity contribution in [2.45, 2.75) is 19.3 Å². The molecule has 1 radical (unpaired) electrons. The Kier molecular flexibility index (Phi) is 10.5. The third-order valence-electron chi connectivity index (χ3n) is 4.15. The zero-order chi connectivity index (χ0) is 18.1. The second kappa shape index (κ2) is 12.1. The predicted octanol–water partition coefficient (Wildman–Crippen LogP) is 3.89.